The van der Waals surface area contributed by atoms with Crippen LogP contribution >= 0.6 is 0 Å². The third-order valence-electron chi connectivity index (χ3n) is 2.86. The van der Waals surface area contributed by atoms with Crippen LogP contribution in [-0.2, 0) is 4.74 Å². The predicted molar refractivity (Wildman–Crippen MR) is 79.7 cm³/mol. The summed E-state index contributed by atoms with van der Waals surface area (Å²) in [5.41, 5.74) is 2.11. The van der Waals surface area contributed by atoms with E-state index in [2.05, 4.69) is 36.1 Å². The fourth-order valence-electron chi connectivity index (χ4n) is 1.69. The fourth-order valence-corrected chi connectivity index (χ4v) is 1.69. The van der Waals surface area contributed by atoms with Crippen LogP contribution in [0.1, 0.15) is 57.3 Å². The van der Waals surface area contributed by atoms with E-state index >= 15 is 0 Å². The topological polar surface area (TPSA) is 47.0 Å². The Morgan fingerprint density at radius 3 is 2.63 bits per heavy atom. The summed E-state index contributed by atoms with van der Waals surface area (Å²) in [5.74, 6) is 1.16. The van der Waals surface area contributed by atoms with Crippen molar-refractivity contribution in [3.05, 3.63) is 17.5 Å². The van der Waals surface area contributed by atoms with Crippen molar-refractivity contribution in [1.82, 2.24) is 9.97 Å². The Kier molecular flexibility index (Phi) is 7.41. The van der Waals surface area contributed by atoms with Gasteiger partial charge in [-0.2, -0.15) is 0 Å². The molecule has 0 radical (unpaired) electrons. The first-order valence-electron chi connectivity index (χ1n) is 7.30. The minimum Gasteiger partial charge on any atom is -0.381 e. The summed E-state index contributed by atoms with van der Waals surface area (Å²) in [4.78, 5) is 8.92. The van der Waals surface area contributed by atoms with Crippen molar-refractivity contribution in [2.24, 2.45) is 0 Å². The van der Waals surface area contributed by atoms with Crippen molar-refractivity contribution in [3.63, 3.8) is 0 Å². The van der Waals surface area contributed by atoms with E-state index in [1.807, 2.05) is 13.0 Å². The summed E-state index contributed by atoms with van der Waals surface area (Å²) in [7, 11) is 0. The molecule has 1 aromatic rings. The molecule has 0 atom stereocenters. The highest BCUT2D eigenvalue weighted by Crippen LogP contribution is 2.14. The molecule has 0 saturated carbocycles. The molecule has 0 spiro atoms. The standard InChI is InChI=1S/C15H27N3O/c1-5-6-9-19-10-7-8-16-15-17-13(4)11-14(18-15)12(2)3/h11-12H,5-10H2,1-4H3,(H,16,17,18). The van der Waals surface area contributed by atoms with Gasteiger partial charge in [-0.25, -0.2) is 9.97 Å². The minimum atomic E-state index is 0.430. The zero-order chi connectivity index (χ0) is 14.1. The summed E-state index contributed by atoms with van der Waals surface area (Å²) in [5, 5.41) is 3.27. The molecule has 1 heterocycles. The van der Waals surface area contributed by atoms with Crippen molar-refractivity contribution < 1.29 is 4.74 Å². The lowest BCUT2D eigenvalue weighted by molar-refractivity contribution is 0.131. The number of anilines is 1. The van der Waals surface area contributed by atoms with Crippen molar-refractivity contribution >= 4 is 5.95 Å². The zero-order valence-electron chi connectivity index (χ0n) is 12.7. The molecular formula is C15H27N3O. The zero-order valence-corrected chi connectivity index (χ0v) is 12.7. The second-order valence-corrected chi connectivity index (χ2v) is 5.16. The maximum Gasteiger partial charge on any atom is 0.223 e. The molecule has 0 fully saturated rings. The van der Waals surface area contributed by atoms with Crippen LogP contribution in [0.2, 0.25) is 0 Å². The van der Waals surface area contributed by atoms with Crippen molar-refractivity contribution in [2.45, 2.75) is 52.9 Å². The number of unbranched alkanes of at least 4 members (excludes halogenated alkanes) is 1. The van der Waals surface area contributed by atoms with E-state index in [1.165, 1.54) is 6.42 Å². The molecule has 0 aliphatic heterocycles. The number of nitrogens with one attached hydrogen (secondary N) is 1. The molecule has 0 amide bonds. The second-order valence-electron chi connectivity index (χ2n) is 5.16. The molecular weight excluding hydrogens is 238 g/mol. The van der Waals surface area contributed by atoms with Crippen LogP contribution in [0.3, 0.4) is 0 Å². The first-order chi connectivity index (χ1) is 9.13. The van der Waals surface area contributed by atoms with Gasteiger partial charge in [-0.05, 0) is 31.7 Å². The highest BCUT2D eigenvalue weighted by molar-refractivity contribution is 5.28. The van der Waals surface area contributed by atoms with Gasteiger partial charge in [0.15, 0.2) is 0 Å². The van der Waals surface area contributed by atoms with Gasteiger partial charge in [0, 0.05) is 31.1 Å². The molecule has 1 aromatic heterocycles. The van der Waals surface area contributed by atoms with Crippen LogP contribution in [0.5, 0.6) is 0 Å². The van der Waals surface area contributed by atoms with Crippen LogP contribution in [0, 0.1) is 6.92 Å². The van der Waals surface area contributed by atoms with Crippen molar-refractivity contribution in [2.75, 3.05) is 25.1 Å². The summed E-state index contributed by atoms with van der Waals surface area (Å²) in [6.07, 6.45) is 3.32. The quantitative estimate of drug-likeness (QED) is 0.694. The van der Waals surface area contributed by atoms with Crippen molar-refractivity contribution in [3.8, 4) is 0 Å². The van der Waals surface area contributed by atoms with Crippen molar-refractivity contribution in [1.29, 1.82) is 0 Å². The van der Waals surface area contributed by atoms with Crippen LogP contribution in [0.25, 0.3) is 0 Å². The van der Waals surface area contributed by atoms with Crippen LogP contribution < -0.4 is 5.32 Å². The number of rotatable bonds is 9. The molecule has 108 valence electrons. The lowest BCUT2D eigenvalue weighted by atomic mass is 10.1. The molecule has 0 aliphatic rings. The smallest absolute Gasteiger partial charge is 0.223 e. The summed E-state index contributed by atoms with van der Waals surface area (Å²) in [6, 6.07) is 2.05. The lowest BCUT2D eigenvalue weighted by Gasteiger charge is -2.10. The van der Waals surface area contributed by atoms with Gasteiger partial charge in [-0.3, -0.25) is 0 Å². The number of aromatic nitrogens is 2. The van der Waals surface area contributed by atoms with Gasteiger partial charge < -0.3 is 10.1 Å². The lowest BCUT2D eigenvalue weighted by Crippen LogP contribution is -2.10. The van der Waals surface area contributed by atoms with E-state index in [0.717, 1.165) is 49.9 Å². The monoisotopic (exact) mass is 265 g/mol. The molecule has 1 rings (SSSR count). The molecule has 1 N–H and O–H groups in total. The van der Waals surface area contributed by atoms with Gasteiger partial charge in [0.1, 0.15) is 0 Å². The largest absolute Gasteiger partial charge is 0.381 e. The van der Waals surface area contributed by atoms with Gasteiger partial charge in [0.2, 0.25) is 5.95 Å². The number of hydrogen-bond acceptors (Lipinski definition) is 4. The third kappa shape index (κ3) is 6.53. The molecule has 0 aliphatic carbocycles. The Balaban J connectivity index is 2.29. The van der Waals surface area contributed by atoms with Gasteiger partial charge in [-0.15, -0.1) is 0 Å². The van der Waals surface area contributed by atoms with Crippen LogP contribution in [0.4, 0.5) is 5.95 Å². The average molecular weight is 265 g/mol. The number of hydrogen-bond donors (Lipinski definition) is 1. The predicted octanol–water partition coefficient (Wildman–Crippen LogP) is 3.53. The Labute approximate surface area is 117 Å². The van der Waals surface area contributed by atoms with E-state index in [0.29, 0.717) is 5.92 Å². The molecule has 0 unspecified atom stereocenters. The Bertz CT molecular complexity index is 366. The highest BCUT2D eigenvalue weighted by atomic mass is 16.5. The summed E-state index contributed by atoms with van der Waals surface area (Å²) >= 11 is 0. The molecule has 19 heavy (non-hydrogen) atoms. The normalized spacial score (nSPS) is 11.0. The summed E-state index contributed by atoms with van der Waals surface area (Å²) < 4.78 is 5.52. The third-order valence-corrected chi connectivity index (χ3v) is 2.86. The molecule has 4 nitrogen and oxygen atoms in total. The van der Waals surface area contributed by atoms with Gasteiger partial charge in [0.05, 0.1) is 0 Å². The number of nitrogens with zero attached hydrogens (tertiary/aromatic N) is 2. The van der Waals surface area contributed by atoms with Gasteiger partial charge >= 0.3 is 0 Å². The molecule has 0 saturated heterocycles. The minimum absolute atomic E-state index is 0.430. The SMILES string of the molecule is CCCCOCCCNc1nc(C)cc(C(C)C)n1. The second kappa shape index (κ2) is 8.86. The Morgan fingerprint density at radius 1 is 1.21 bits per heavy atom. The van der Waals surface area contributed by atoms with Crippen LogP contribution in [-0.4, -0.2) is 29.7 Å². The highest BCUT2D eigenvalue weighted by Gasteiger charge is 2.05. The van der Waals surface area contributed by atoms with E-state index < -0.39 is 0 Å². The van der Waals surface area contributed by atoms with E-state index in [-0.39, 0.29) is 0 Å². The maximum atomic E-state index is 5.52. The van der Waals surface area contributed by atoms with Gasteiger partial charge in [0.25, 0.3) is 0 Å². The van der Waals surface area contributed by atoms with Crippen LogP contribution in [0.15, 0.2) is 6.07 Å². The number of ether oxygens (including phenoxy) is 1. The van der Waals surface area contributed by atoms with E-state index in [4.69, 9.17) is 4.74 Å². The summed E-state index contributed by atoms with van der Waals surface area (Å²) in [6.45, 7) is 11.0. The number of aryl methyl sites for hydroxylation is 1. The van der Waals surface area contributed by atoms with E-state index in [9.17, 15) is 0 Å². The Morgan fingerprint density at radius 2 is 1.95 bits per heavy atom. The molecule has 0 bridgehead atoms. The molecule has 4 heteroatoms. The van der Waals surface area contributed by atoms with Gasteiger partial charge in [-0.1, -0.05) is 27.2 Å². The first-order valence-corrected chi connectivity index (χ1v) is 7.30. The maximum absolute atomic E-state index is 5.52. The molecule has 0 aromatic carbocycles. The first kappa shape index (κ1) is 15.9. The Hall–Kier alpha value is -1.16. The average Bonchev–Trinajstić information content (AvgIpc) is 2.37. The van der Waals surface area contributed by atoms with E-state index in [1.54, 1.807) is 0 Å². The fraction of sp³-hybridized carbons (Fsp3) is 0.733.